The first-order valence-electron chi connectivity index (χ1n) is 8.59. The molecule has 0 aromatic carbocycles. The molecule has 3 saturated heterocycles. The number of carbonyl (C=O) groups is 1. The Kier molecular flexibility index (Phi) is 3.47. The van der Waals surface area contributed by atoms with Crippen molar-refractivity contribution in [3.8, 4) is 0 Å². The molecule has 4 fully saturated rings. The molecule has 1 aliphatic carbocycles. The van der Waals surface area contributed by atoms with Crippen LogP contribution in [0.15, 0.2) is 0 Å². The van der Waals surface area contributed by atoms with Crippen LogP contribution >= 0.6 is 0 Å². The summed E-state index contributed by atoms with van der Waals surface area (Å²) in [6.07, 6.45) is 7.80. The molecule has 0 spiro atoms. The zero-order chi connectivity index (χ0) is 13.5. The maximum Gasteiger partial charge on any atom is 0.240 e. The Hall–Kier alpha value is -0.610. The highest BCUT2D eigenvalue weighted by molar-refractivity contribution is 5.83. The lowest BCUT2D eigenvalue weighted by molar-refractivity contribution is -0.133. The Morgan fingerprint density at radius 3 is 2.70 bits per heavy atom. The third kappa shape index (κ3) is 2.17. The van der Waals surface area contributed by atoms with Gasteiger partial charge in [0, 0.05) is 19.1 Å². The first-order valence-corrected chi connectivity index (χ1v) is 8.59. The van der Waals surface area contributed by atoms with E-state index in [2.05, 4.69) is 15.1 Å². The van der Waals surface area contributed by atoms with Crippen molar-refractivity contribution in [2.45, 2.75) is 50.6 Å². The van der Waals surface area contributed by atoms with Gasteiger partial charge in [0.15, 0.2) is 0 Å². The average Bonchev–Trinajstić information content (AvgIpc) is 3.20. The van der Waals surface area contributed by atoms with E-state index in [1.165, 1.54) is 51.6 Å². The first kappa shape index (κ1) is 13.1. The van der Waals surface area contributed by atoms with Gasteiger partial charge in [0.2, 0.25) is 5.91 Å². The van der Waals surface area contributed by atoms with E-state index in [0.29, 0.717) is 17.9 Å². The molecule has 4 heteroatoms. The predicted octanol–water partition coefficient (Wildman–Crippen LogP) is 1.07. The summed E-state index contributed by atoms with van der Waals surface area (Å²) < 4.78 is 0. The summed E-state index contributed by atoms with van der Waals surface area (Å²) in [5.41, 5.74) is 0. The average molecular weight is 277 g/mol. The Morgan fingerprint density at radius 1 is 1.00 bits per heavy atom. The second-order valence-corrected chi connectivity index (χ2v) is 7.21. The van der Waals surface area contributed by atoms with Gasteiger partial charge in [0.25, 0.3) is 0 Å². The number of nitrogens with zero attached hydrogens (tertiary/aromatic N) is 2. The molecule has 4 aliphatic rings. The number of carbonyl (C=O) groups excluding carboxylic acids is 1. The molecule has 1 saturated carbocycles. The summed E-state index contributed by atoms with van der Waals surface area (Å²) in [6.45, 7) is 5.53. The topological polar surface area (TPSA) is 35.6 Å². The molecule has 0 aromatic rings. The van der Waals surface area contributed by atoms with Gasteiger partial charge >= 0.3 is 0 Å². The SMILES string of the molecule is O=C(C1NCC2CCCC21)N1CCC(N2CCCC2)C1. The molecular weight excluding hydrogens is 250 g/mol. The number of fused-ring (bicyclic) bond motifs is 1. The van der Waals surface area contributed by atoms with Crippen LogP contribution in [-0.4, -0.2) is 60.5 Å². The molecule has 4 nitrogen and oxygen atoms in total. The van der Waals surface area contributed by atoms with Crippen molar-refractivity contribution in [1.82, 2.24) is 15.1 Å². The van der Waals surface area contributed by atoms with Crippen molar-refractivity contribution in [2.24, 2.45) is 11.8 Å². The molecule has 20 heavy (non-hydrogen) atoms. The summed E-state index contributed by atoms with van der Waals surface area (Å²) in [5, 5.41) is 3.51. The molecule has 3 aliphatic heterocycles. The maximum atomic E-state index is 12.8. The van der Waals surface area contributed by atoms with Crippen LogP contribution in [0.2, 0.25) is 0 Å². The predicted molar refractivity (Wildman–Crippen MR) is 78.4 cm³/mol. The van der Waals surface area contributed by atoms with Crippen LogP contribution in [0.4, 0.5) is 0 Å². The molecule has 0 radical (unpaired) electrons. The summed E-state index contributed by atoms with van der Waals surface area (Å²) in [7, 11) is 0. The molecule has 112 valence electrons. The van der Waals surface area contributed by atoms with Gasteiger partial charge in [-0.25, -0.2) is 0 Å². The number of amides is 1. The molecule has 4 atom stereocenters. The zero-order valence-electron chi connectivity index (χ0n) is 12.4. The number of hydrogen-bond donors (Lipinski definition) is 1. The Bertz CT molecular complexity index is 380. The van der Waals surface area contributed by atoms with E-state index in [-0.39, 0.29) is 6.04 Å². The van der Waals surface area contributed by atoms with Crippen molar-refractivity contribution in [1.29, 1.82) is 0 Å². The highest BCUT2D eigenvalue weighted by Gasteiger charge is 2.45. The van der Waals surface area contributed by atoms with Crippen LogP contribution in [-0.2, 0) is 4.79 Å². The van der Waals surface area contributed by atoms with Gasteiger partial charge in [-0.15, -0.1) is 0 Å². The third-order valence-corrected chi connectivity index (χ3v) is 6.14. The molecule has 1 amide bonds. The maximum absolute atomic E-state index is 12.8. The lowest BCUT2D eigenvalue weighted by Gasteiger charge is -2.26. The molecule has 0 aromatic heterocycles. The van der Waals surface area contributed by atoms with Crippen LogP contribution in [0, 0.1) is 11.8 Å². The Morgan fingerprint density at radius 2 is 1.85 bits per heavy atom. The van der Waals surface area contributed by atoms with E-state index in [9.17, 15) is 4.79 Å². The summed E-state index contributed by atoms with van der Waals surface area (Å²) in [4.78, 5) is 17.6. The largest absolute Gasteiger partial charge is 0.340 e. The van der Waals surface area contributed by atoms with Crippen LogP contribution in [0.1, 0.15) is 38.5 Å². The van der Waals surface area contributed by atoms with Gasteiger partial charge < -0.3 is 10.2 Å². The summed E-state index contributed by atoms with van der Waals surface area (Å²) in [6, 6.07) is 0.780. The highest BCUT2D eigenvalue weighted by atomic mass is 16.2. The van der Waals surface area contributed by atoms with Gasteiger partial charge in [-0.1, -0.05) is 6.42 Å². The van der Waals surface area contributed by atoms with E-state index in [0.717, 1.165) is 25.6 Å². The van der Waals surface area contributed by atoms with Gasteiger partial charge in [0.05, 0.1) is 6.04 Å². The fourth-order valence-corrected chi connectivity index (χ4v) is 5.00. The summed E-state index contributed by atoms with van der Waals surface area (Å²) >= 11 is 0. The van der Waals surface area contributed by atoms with Crippen LogP contribution in [0.25, 0.3) is 0 Å². The molecule has 4 rings (SSSR count). The van der Waals surface area contributed by atoms with E-state index < -0.39 is 0 Å². The number of nitrogens with one attached hydrogen (secondary N) is 1. The second kappa shape index (κ2) is 5.30. The molecule has 0 bridgehead atoms. The van der Waals surface area contributed by atoms with Crippen molar-refractivity contribution in [2.75, 3.05) is 32.7 Å². The lowest BCUT2D eigenvalue weighted by Crippen LogP contribution is -2.46. The zero-order valence-corrected chi connectivity index (χ0v) is 12.4. The second-order valence-electron chi connectivity index (χ2n) is 7.21. The number of hydrogen-bond acceptors (Lipinski definition) is 3. The van der Waals surface area contributed by atoms with E-state index in [1.807, 2.05) is 0 Å². The minimum absolute atomic E-state index is 0.139. The fourth-order valence-electron chi connectivity index (χ4n) is 5.00. The monoisotopic (exact) mass is 277 g/mol. The summed E-state index contributed by atoms with van der Waals surface area (Å²) in [5.74, 6) is 1.82. The molecule has 1 N–H and O–H groups in total. The quantitative estimate of drug-likeness (QED) is 0.820. The van der Waals surface area contributed by atoms with Crippen molar-refractivity contribution >= 4 is 5.91 Å². The normalized spacial score (nSPS) is 41.5. The molecular formula is C16H27N3O. The Balaban J connectivity index is 1.37. The van der Waals surface area contributed by atoms with Crippen molar-refractivity contribution in [3.63, 3.8) is 0 Å². The van der Waals surface area contributed by atoms with E-state index in [4.69, 9.17) is 0 Å². The van der Waals surface area contributed by atoms with Gasteiger partial charge in [-0.05, 0) is 63.6 Å². The van der Waals surface area contributed by atoms with Crippen LogP contribution < -0.4 is 5.32 Å². The van der Waals surface area contributed by atoms with Gasteiger partial charge in [-0.3, -0.25) is 9.69 Å². The fraction of sp³-hybridized carbons (Fsp3) is 0.938. The lowest BCUT2D eigenvalue weighted by atomic mass is 9.93. The smallest absolute Gasteiger partial charge is 0.240 e. The standard InChI is InChI=1S/C16H27N3O/c20-16(15-14-5-3-4-12(14)10-17-15)19-9-6-13(11-19)18-7-1-2-8-18/h12-15,17H,1-11H2. The third-order valence-electron chi connectivity index (χ3n) is 6.14. The van der Waals surface area contributed by atoms with Gasteiger partial charge in [-0.2, -0.15) is 0 Å². The van der Waals surface area contributed by atoms with Crippen molar-refractivity contribution < 1.29 is 4.79 Å². The van der Waals surface area contributed by atoms with E-state index in [1.54, 1.807) is 0 Å². The van der Waals surface area contributed by atoms with Gasteiger partial charge in [0.1, 0.15) is 0 Å². The Labute approximate surface area is 121 Å². The van der Waals surface area contributed by atoms with Crippen LogP contribution in [0.3, 0.4) is 0 Å². The molecule has 4 unspecified atom stereocenters. The molecule has 3 heterocycles. The van der Waals surface area contributed by atoms with E-state index >= 15 is 0 Å². The minimum Gasteiger partial charge on any atom is -0.340 e. The first-order chi connectivity index (χ1) is 9.83. The highest BCUT2D eigenvalue weighted by Crippen LogP contribution is 2.38. The minimum atomic E-state index is 0.139. The van der Waals surface area contributed by atoms with Crippen LogP contribution in [0.5, 0.6) is 0 Å². The number of likely N-dealkylation sites (tertiary alicyclic amines) is 2. The van der Waals surface area contributed by atoms with Crippen molar-refractivity contribution in [3.05, 3.63) is 0 Å². The number of rotatable bonds is 2.